The second-order valence-corrected chi connectivity index (χ2v) is 19.6. The molecule has 1 heterocycles. The third-order valence-electron chi connectivity index (χ3n) is 8.77. The van der Waals surface area contributed by atoms with Crippen LogP contribution in [-0.2, 0) is 26.0 Å². The number of thiol groups is 2. The molecule has 294 valence electrons. The molecule has 0 radical (unpaired) electrons. The van der Waals surface area contributed by atoms with Crippen LogP contribution in [0.1, 0.15) is 104 Å². The molecule has 51 heavy (non-hydrogen) atoms. The number of anilines is 1. The third-order valence-corrected chi connectivity index (χ3v) is 10.5. The number of carboxylic acid groups (broad SMARTS) is 1. The molecule has 1 aliphatic heterocycles. The molecule has 1 amide bonds. The zero-order chi connectivity index (χ0) is 37.9. The van der Waals surface area contributed by atoms with Crippen molar-refractivity contribution < 1.29 is 27.9 Å². The smallest absolute Gasteiger partial charge is 0.322 e. The van der Waals surface area contributed by atoms with E-state index < -0.39 is 22.0 Å². The summed E-state index contributed by atoms with van der Waals surface area (Å²) in [6.45, 7) is 17.1. The number of carbonyl (C=O) groups excluding carboxylic acids is 1. The molecule has 1 fully saturated rings. The van der Waals surface area contributed by atoms with Gasteiger partial charge in [-0.15, -0.1) is 0 Å². The lowest BCUT2D eigenvalue weighted by atomic mass is 9.93. The van der Waals surface area contributed by atoms with Gasteiger partial charge >= 0.3 is 5.97 Å². The van der Waals surface area contributed by atoms with E-state index >= 15 is 0 Å². The molecule has 0 aliphatic carbocycles. The molecule has 5 N–H and O–H groups in total. The molecular weight excluding hydrogens is 707 g/mol. The molecule has 11 nitrogen and oxygen atoms in total. The monoisotopic (exact) mass is 773 g/mol. The van der Waals surface area contributed by atoms with E-state index in [0.29, 0.717) is 49.3 Å². The minimum atomic E-state index is -3.76. The quantitative estimate of drug-likeness (QED) is 0.0463. The van der Waals surface area contributed by atoms with Crippen molar-refractivity contribution in [3.05, 3.63) is 23.8 Å². The van der Waals surface area contributed by atoms with Crippen molar-refractivity contribution in [3.8, 4) is 5.75 Å². The summed E-state index contributed by atoms with van der Waals surface area (Å²) in [5, 5.41) is 19.7. The largest absolute Gasteiger partial charge is 0.491 e. The highest BCUT2D eigenvalue weighted by Gasteiger charge is 2.25. The van der Waals surface area contributed by atoms with Crippen molar-refractivity contribution in [3.63, 3.8) is 0 Å². The van der Waals surface area contributed by atoms with E-state index in [0.717, 1.165) is 71.0 Å². The van der Waals surface area contributed by atoms with E-state index in [1.807, 2.05) is 6.92 Å². The van der Waals surface area contributed by atoms with Gasteiger partial charge in [-0.1, -0.05) is 25.8 Å². The van der Waals surface area contributed by atoms with Gasteiger partial charge in [0, 0.05) is 42.1 Å². The average molecular weight is 774 g/mol. The lowest BCUT2D eigenvalue weighted by Crippen LogP contribution is -2.43. The van der Waals surface area contributed by atoms with Gasteiger partial charge in [0.25, 0.3) is 0 Å². The summed E-state index contributed by atoms with van der Waals surface area (Å²) in [4.78, 5) is 27.6. The number of sulfonamides is 1. The Morgan fingerprint density at radius 3 is 2.41 bits per heavy atom. The number of rotatable bonds is 27. The van der Waals surface area contributed by atoms with Crippen LogP contribution in [0.25, 0.3) is 0 Å². The van der Waals surface area contributed by atoms with E-state index in [-0.39, 0.29) is 27.6 Å². The standard InChI is InChI=1S/C37H67N5O6S3/c1-6-7-24-51(46,47)41-32(35(44)45)26-30-14-15-33(48-23-11-9-12-29-16-18-38-19-17-29)31(25-30)40-34(43)13-8-10-21-42(28-37(4,5)50)22-20-39-27-36(2,3)49/h14-15,25,29,32,38-39,41,49-50H,6-13,16-24,26-28H2,1-5H3,(H,40,43)(H,44,45). The molecule has 1 aromatic rings. The second kappa shape index (κ2) is 23.3. The number of nitrogens with one attached hydrogen (secondary N) is 4. The van der Waals surface area contributed by atoms with E-state index in [2.05, 4.69) is 65.9 Å². The molecule has 2 rings (SSSR count). The number of benzene rings is 1. The lowest BCUT2D eigenvalue weighted by Gasteiger charge is -2.30. The predicted molar refractivity (Wildman–Crippen MR) is 216 cm³/mol. The first-order valence-corrected chi connectivity index (χ1v) is 21.4. The van der Waals surface area contributed by atoms with E-state index in [9.17, 15) is 23.1 Å². The van der Waals surface area contributed by atoms with Crippen molar-refractivity contribution in [1.82, 2.24) is 20.3 Å². The van der Waals surface area contributed by atoms with Gasteiger partial charge in [-0.25, -0.2) is 13.1 Å². The molecule has 1 atom stereocenters. The number of amides is 1. The molecule has 1 aliphatic rings. The zero-order valence-corrected chi connectivity index (χ0v) is 34.4. The van der Waals surface area contributed by atoms with Crippen LogP contribution in [0.2, 0.25) is 0 Å². The molecule has 0 bridgehead atoms. The topological polar surface area (TPSA) is 149 Å². The molecule has 0 aromatic heterocycles. The van der Waals surface area contributed by atoms with Gasteiger partial charge < -0.3 is 30.7 Å². The maximum Gasteiger partial charge on any atom is 0.322 e. The summed E-state index contributed by atoms with van der Waals surface area (Å²) in [5.74, 6) is -0.277. The Bertz CT molecular complexity index is 1280. The Hall–Kier alpha value is -1.55. The fourth-order valence-electron chi connectivity index (χ4n) is 6.12. The normalized spacial score (nSPS) is 15.2. The Balaban J connectivity index is 2.04. The van der Waals surface area contributed by atoms with Crippen molar-refractivity contribution in [1.29, 1.82) is 0 Å². The summed E-state index contributed by atoms with van der Waals surface area (Å²) in [6.07, 6.45) is 8.45. The summed E-state index contributed by atoms with van der Waals surface area (Å²) in [6, 6.07) is 3.85. The maximum absolute atomic E-state index is 13.2. The molecule has 14 heteroatoms. The Kier molecular flexibility index (Phi) is 20.8. The molecule has 1 saturated heterocycles. The SMILES string of the molecule is CCCCS(=O)(=O)NC(Cc1ccc(OCCCCC2CCNCC2)c(NC(=O)CCCCN(CCNCC(C)(C)S)CC(C)(C)S)c1)C(=O)O. The van der Waals surface area contributed by atoms with Gasteiger partial charge in [-0.2, -0.15) is 25.3 Å². The molecule has 0 saturated carbocycles. The van der Waals surface area contributed by atoms with Crippen LogP contribution >= 0.6 is 25.3 Å². The fourth-order valence-corrected chi connectivity index (χ4v) is 7.84. The highest BCUT2D eigenvalue weighted by molar-refractivity contribution is 7.89. The van der Waals surface area contributed by atoms with Gasteiger partial charge in [-0.3, -0.25) is 9.59 Å². The van der Waals surface area contributed by atoms with Gasteiger partial charge in [0.15, 0.2) is 0 Å². The number of hydrogen-bond acceptors (Lipinski definition) is 10. The number of aliphatic carboxylic acids is 1. The van der Waals surface area contributed by atoms with Crippen LogP contribution in [0.3, 0.4) is 0 Å². The average Bonchev–Trinajstić information content (AvgIpc) is 3.03. The van der Waals surface area contributed by atoms with E-state index in [1.165, 1.54) is 19.3 Å². The van der Waals surface area contributed by atoms with Crippen LogP contribution in [0.4, 0.5) is 5.69 Å². The number of piperidine rings is 1. The zero-order valence-electron chi connectivity index (χ0n) is 31.8. The summed E-state index contributed by atoms with van der Waals surface area (Å²) < 4.78 is 33.3. The van der Waals surface area contributed by atoms with Crippen LogP contribution in [0.15, 0.2) is 18.2 Å². The van der Waals surface area contributed by atoms with Crippen LogP contribution in [0.5, 0.6) is 5.75 Å². The number of carboxylic acids is 1. The number of ether oxygens (including phenoxy) is 1. The minimum absolute atomic E-state index is 0.0717. The minimum Gasteiger partial charge on any atom is -0.491 e. The fraction of sp³-hybridized carbons (Fsp3) is 0.784. The lowest BCUT2D eigenvalue weighted by molar-refractivity contribution is -0.138. The number of nitrogens with zero attached hydrogens (tertiary/aromatic N) is 1. The number of carbonyl (C=O) groups is 2. The van der Waals surface area contributed by atoms with Crippen molar-refractivity contribution in [2.75, 3.05) is 63.5 Å². The molecule has 0 spiro atoms. The van der Waals surface area contributed by atoms with Crippen LogP contribution < -0.4 is 25.4 Å². The van der Waals surface area contributed by atoms with E-state index in [4.69, 9.17) is 17.4 Å². The van der Waals surface area contributed by atoms with Crippen LogP contribution in [0, 0.1) is 5.92 Å². The third kappa shape index (κ3) is 21.7. The Morgan fingerprint density at radius 2 is 1.76 bits per heavy atom. The first-order chi connectivity index (χ1) is 24.0. The molecule has 1 aromatic carbocycles. The first-order valence-electron chi connectivity index (χ1n) is 18.8. The van der Waals surface area contributed by atoms with Crippen LogP contribution in [-0.4, -0.2) is 104 Å². The molecule has 1 unspecified atom stereocenters. The second-order valence-electron chi connectivity index (χ2n) is 15.3. The number of hydrogen-bond donors (Lipinski definition) is 7. The summed E-state index contributed by atoms with van der Waals surface area (Å²) in [7, 11) is -3.76. The highest BCUT2D eigenvalue weighted by Crippen LogP contribution is 2.28. The van der Waals surface area contributed by atoms with Crippen molar-refractivity contribution in [2.45, 2.75) is 121 Å². The van der Waals surface area contributed by atoms with Gasteiger partial charge in [0.2, 0.25) is 15.9 Å². The van der Waals surface area contributed by atoms with Crippen molar-refractivity contribution >= 4 is 52.8 Å². The van der Waals surface area contributed by atoms with Gasteiger partial charge in [0.05, 0.1) is 18.0 Å². The Labute approximate surface area is 319 Å². The highest BCUT2D eigenvalue weighted by atomic mass is 32.2. The van der Waals surface area contributed by atoms with E-state index in [1.54, 1.807) is 18.2 Å². The van der Waals surface area contributed by atoms with Crippen molar-refractivity contribution in [2.24, 2.45) is 5.92 Å². The first kappa shape index (κ1) is 45.6. The maximum atomic E-state index is 13.2. The van der Waals surface area contributed by atoms with Gasteiger partial charge in [0.1, 0.15) is 11.8 Å². The predicted octanol–water partition coefficient (Wildman–Crippen LogP) is 5.37. The summed E-state index contributed by atoms with van der Waals surface area (Å²) in [5.41, 5.74) is 1.04. The number of unbranched alkanes of at least 4 members (excludes halogenated alkanes) is 3. The van der Waals surface area contributed by atoms with Gasteiger partial charge in [-0.05, 0) is 122 Å². The summed E-state index contributed by atoms with van der Waals surface area (Å²) >= 11 is 9.33. The molecular formula is C37H67N5O6S3. The Morgan fingerprint density at radius 1 is 1.04 bits per heavy atom.